The highest BCUT2D eigenvalue weighted by Gasteiger charge is 2.37. The van der Waals surface area contributed by atoms with Gasteiger partial charge in [0, 0.05) is 22.6 Å². The van der Waals surface area contributed by atoms with Crippen LogP contribution in [0.2, 0.25) is 0 Å². The molecule has 1 rings (SSSR count). The first-order valence-electron chi connectivity index (χ1n) is 6.94. The Morgan fingerprint density at radius 3 is 2.65 bits per heavy atom. The zero-order valence-corrected chi connectivity index (χ0v) is 12.9. The lowest BCUT2D eigenvalue weighted by Gasteiger charge is -2.40. The van der Waals surface area contributed by atoms with Crippen molar-refractivity contribution in [2.45, 2.75) is 64.7 Å². The first kappa shape index (κ1) is 15.2. The molecule has 3 heteroatoms. The summed E-state index contributed by atoms with van der Waals surface area (Å²) >= 11 is 0. The van der Waals surface area contributed by atoms with Crippen molar-refractivity contribution in [1.29, 1.82) is 0 Å². The average Bonchev–Trinajstić information content (AvgIpc) is 2.27. The molecular formula is C14H29NOS. The fourth-order valence-electron chi connectivity index (χ4n) is 2.65. The third kappa shape index (κ3) is 4.36. The standard InChI is InChI=1S/C14H29NOS/c1-6-11(2)10-17(16)13-9-14(3,4)8-7-12(13)15-5/h11-13,15H,6-10H2,1-5H3. The molecule has 0 aliphatic heterocycles. The lowest BCUT2D eigenvalue weighted by molar-refractivity contribution is 0.216. The van der Waals surface area contributed by atoms with Crippen molar-refractivity contribution in [1.82, 2.24) is 5.32 Å². The van der Waals surface area contributed by atoms with Crippen LogP contribution in [0.5, 0.6) is 0 Å². The van der Waals surface area contributed by atoms with E-state index in [1.54, 1.807) is 0 Å². The van der Waals surface area contributed by atoms with Crippen LogP contribution in [0.15, 0.2) is 0 Å². The Morgan fingerprint density at radius 2 is 2.12 bits per heavy atom. The average molecular weight is 259 g/mol. The summed E-state index contributed by atoms with van der Waals surface area (Å²) in [5.74, 6) is 1.45. The quantitative estimate of drug-likeness (QED) is 0.822. The van der Waals surface area contributed by atoms with E-state index in [1.807, 2.05) is 7.05 Å². The zero-order valence-electron chi connectivity index (χ0n) is 12.1. The summed E-state index contributed by atoms with van der Waals surface area (Å²) in [6.45, 7) is 9.02. The Kier molecular flexibility index (Phi) is 5.65. The Morgan fingerprint density at radius 1 is 1.47 bits per heavy atom. The highest BCUT2D eigenvalue weighted by Crippen LogP contribution is 2.37. The molecule has 0 aromatic carbocycles. The predicted octanol–water partition coefficient (Wildman–Crippen LogP) is 2.95. The van der Waals surface area contributed by atoms with Gasteiger partial charge < -0.3 is 5.32 Å². The first-order chi connectivity index (χ1) is 7.89. The first-order valence-corrected chi connectivity index (χ1v) is 8.32. The van der Waals surface area contributed by atoms with Gasteiger partial charge in [0.2, 0.25) is 0 Å². The molecule has 102 valence electrons. The van der Waals surface area contributed by atoms with Gasteiger partial charge in [0.25, 0.3) is 0 Å². The summed E-state index contributed by atoms with van der Waals surface area (Å²) in [6.07, 6.45) is 4.64. The maximum atomic E-state index is 12.5. The van der Waals surface area contributed by atoms with Crippen molar-refractivity contribution in [3.63, 3.8) is 0 Å². The second-order valence-electron chi connectivity index (χ2n) is 6.40. The summed E-state index contributed by atoms with van der Waals surface area (Å²) < 4.78 is 12.5. The molecule has 2 nitrogen and oxygen atoms in total. The van der Waals surface area contributed by atoms with Gasteiger partial charge in [-0.15, -0.1) is 0 Å². The van der Waals surface area contributed by atoms with Crippen molar-refractivity contribution in [3.05, 3.63) is 0 Å². The van der Waals surface area contributed by atoms with Crippen LogP contribution in [0.1, 0.15) is 53.4 Å². The van der Waals surface area contributed by atoms with Crippen molar-refractivity contribution >= 4 is 10.8 Å². The Balaban J connectivity index is 2.66. The van der Waals surface area contributed by atoms with E-state index in [1.165, 1.54) is 12.8 Å². The molecule has 0 heterocycles. The SMILES string of the molecule is CCC(C)CS(=O)C1CC(C)(C)CCC1NC. The molecule has 1 N–H and O–H groups in total. The van der Waals surface area contributed by atoms with Crippen molar-refractivity contribution in [2.75, 3.05) is 12.8 Å². The topological polar surface area (TPSA) is 29.1 Å². The maximum Gasteiger partial charge on any atom is 0.0506 e. The van der Waals surface area contributed by atoms with Gasteiger partial charge in [0.05, 0.1) is 5.25 Å². The highest BCUT2D eigenvalue weighted by atomic mass is 32.2. The summed E-state index contributed by atoms with van der Waals surface area (Å²) in [4.78, 5) is 0. The molecule has 1 fully saturated rings. The van der Waals surface area contributed by atoms with E-state index in [4.69, 9.17) is 0 Å². The molecule has 0 amide bonds. The normalized spacial score (nSPS) is 32.1. The van der Waals surface area contributed by atoms with Gasteiger partial charge in [-0.05, 0) is 37.6 Å². The summed E-state index contributed by atoms with van der Waals surface area (Å²) in [6, 6.07) is 0.452. The van der Waals surface area contributed by atoms with E-state index in [0.29, 0.717) is 22.6 Å². The molecule has 4 atom stereocenters. The second kappa shape index (κ2) is 6.33. The lowest BCUT2D eigenvalue weighted by atomic mass is 9.75. The van der Waals surface area contributed by atoms with Gasteiger partial charge in [-0.1, -0.05) is 34.1 Å². The van der Waals surface area contributed by atoms with Gasteiger partial charge in [-0.25, -0.2) is 0 Å². The molecule has 17 heavy (non-hydrogen) atoms. The van der Waals surface area contributed by atoms with E-state index >= 15 is 0 Å². The van der Waals surface area contributed by atoms with E-state index in [0.717, 1.165) is 18.6 Å². The largest absolute Gasteiger partial charge is 0.316 e. The minimum atomic E-state index is -0.675. The minimum absolute atomic E-state index is 0.345. The van der Waals surface area contributed by atoms with Crippen molar-refractivity contribution < 1.29 is 4.21 Å². The third-order valence-electron chi connectivity index (χ3n) is 4.19. The van der Waals surface area contributed by atoms with Crippen LogP contribution in [-0.2, 0) is 10.8 Å². The molecule has 1 aliphatic rings. The van der Waals surface area contributed by atoms with E-state index in [9.17, 15) is 4.21 Å². The van der Waals surface area contributed by atoms with Crippen LogP contribution in [0.4, 0.5) is 0 Å². The fraction of sp³-hybridized carbons (Fsp3) is 1.00. The lowest BCUT2D eigenvalue weighted by Crippen LogP contribution is -2.47. The predicted molar refractivity (Wildman–Crippen MR) is 76.7 cm³/mol. The molecular weight excluding hydrogens is 230 g/mol. The molecule has 0 aromatic rings. The molecule has 0 aromatic heterocycles. The van der Waals surface area contributed by atoms with Crippen LogP contribution in [0, 0.1) is 11.3 Å². The Labute approximate surface area is 109 Å². The maximum absolute atomic E-state index is 12.5. The summed E-state index contributed by atoms with van der Waals surface area (Å²) in [5, 5.41) is 3.72. The van der Waals surface area contributed by atoms with Gasteiger partial charge in [0.15, 0.2) is 0 Å². The molecule has 0 saturated heterocycles. The Bertz CT molecular complexity index is 265. The van der Waals surface area contributed by atoms with Crippen LogP contribution in [0.3, 0.4) is 0 Å². The monoisotopic (exact) mass is 259 g/mol. The van der Waals surface area contributed by atoms with E-state index in [-0.39, 0.29) is 0 Å². The van der Waals surface area contributed by atoms with Crippen molar-refractivity contribution in [3.8, 4) is 0 Å². The van der Waals surface area contributed by atoms with E-state index in [2.05, 4.69) is 33.0 Å². The molecule has 1 saturated carbocycles. The van der Waals surface area contributed by atoms with Crippen LogP contribution < -0.4 is 5.32 Å². The Hall–Kier alpha value is 0.110. The number of hydrogen-bond donors (Lipinski definition) is 1. The third-order valence-corrected chi connectivity index (χ3v) is 6.26. The second-order valence-corrected chi connectivity index (χ2v) is 8.10. The van der Waals surface area contributed by atoms with Gasteiger partial charge in [0.1, 0.15) is 0 Å². The zero-order chi connectivity index (χ0) is 13.1. The van der Waals surface area contributed by atoms with Crippen LogP contribution in [-0.4, -0.2) is 28.3 Å². The van der Waals surface area contributed by atoms with Gasteiger partial charge in [-0.2, -0.15) is 0 Å². The van der Waals surface area contributed by atoms with E-state index < -0.39 is 10.8 Å². The fourth-order valence-corrected chi connectivity index (χ4v) is 4.97. The van der Waals surface area contributed by atoms with Gasteiger partial charge >= 0.3 is 0 Å². The number of nitrogens with one attached hydrogen (secondary N) is 1. The van der Waals surface area contributed by atoms with Crippen LogP contribution in [0.25, 0.3) is 0 Å². The smallest absolute Gasteiger partial charge is 0.0506 e. The molecule has 0 bridgehead atoms. The number of rotatable bonds is 5. The minimum Gasteiger partial charge on any atom is -0.316 e. The molecule has 0 radical (unpaired) electrons. The molecule has 0 spiro atoms. The van der Waals surface area contributed by atoms with Gasteiger partial charge in [-0.3, -0.25) is 4.21 Å². The van der Waals surface area contributed by atoms with Crippen molar-refractivity contribution in [2.24, 2.45) is 11.3 Å². The highest BCUT2D eigenvalue weighted by molar-refractivity contribution is 7.85. The molecule has 4 unspecified atom stereocenters. The number of hydrogen-bond acceptors (Lipinski definition) is 2. The summed E-state index contributed by atoms with van der Waals surface area (Å²) in [5.41, 5.74) is 0.364. The van der Waals surface area contributed by atoms with Crippen LogP contribution >= 0.6 is 0 Å². The molecule has 1 aliphatic carbocycles. The summed E-state index contributed by atoms with van der Waals surface area (Å²) in [7, 11) is 1.33.